The quantitative estimate of drug-likeness (QED) is 0.431. The Morgan fingerprint density at radius 1 is 0.793 bits per heavy atom. The molecule has 9 atom stereocenters. The van der Waals surface area contributed by atoms with Crippen molar-refractivity contribution in [2.75, 3.05) is 0 Å². The molecule has 2 aromatic rings. The fourth-order valence-corrected chi connectivity index (χ4v) is 8.56. The van der Waals surface area contributed by atoms with Gasteiger partial charge in [-0.15, -0.1) is 0 Å². The van der Waals surface area contributed by atoms with Gasteiger partial charge in [-0.25, -0.2) is 0 Å². The minimum Gasteiger partial charge on any atom is -0.452 e. The van der Waals surface area contributed by atoms with E-state index in [4.69, 9.17) is 9.47 Å². The normalized spacial score (nSPS) is 44.3. The molecule has 9 unspecified atom stereocenters. The van der Waals surface area contributed by atoms with Crippen molar-refractivity contribution >= 4 is 5.97 Å². The van der Waals surface area contributed by atoms with Gasteiger partial charge >= 0.3 is 5.97 Å². The number of carbonyl (C=O) groups excluding carboxylic acids is 1. The van der Waals surface area contributed by atoms with Gasteiger partial charge in [0.15, 0.2) is 6.10 Å². The molecule has 3 heteroatoms. The molecule has 2 aromatic carbocycles. The predicted octanol–water partition coefficient (Wildman–Crippen LogP) is 4.61. The number of hydrogen-bond acceptors (Lipinski definition) is 3. The van der Waals surface area contributed by atoms with Gasteiger partial charge in [0.1, 0.15) is 0 Å². The first-order valence-electron chi connectivity index (χ1n) is 11.3. The number of fused-ring (bicyclic) bond motifs is 15. The number of rotatable bonds is 2. The topological polar surface area (TPSA) is 38.8 Å². The van der Waals surface area contributed by atoms with Crippen LogP contribution in [-0.4, -0.2) is 18.2 Å². The molecule has 8 rings (SSSR count). The van der Waals surface area contributed by atoms with Crippen LogP contribution in [-0.2, 0) is 14.3 Å². The van der Waals surface area contributed by atoms with E-state index in [0.29, 0.717) is 18.1 Å². The molecule has 0 radical (unpaired) electrons. The molecule has 0 aromatic heterocycles. The molecule has 4 saturated carbocycles. The van der Waals surface area contributed by atoms with Crippen LogP contribution in [0.25, 0.3) is 11.1 Å². The standard InChI is InChI=1S/C26H24O3/c27-26(29-23-15-7-3-1-5-13(15)14-6-2-4-8-16(14)23)18-10-12-9-17(18)22-20-11-19(21(12)22)24-25(20)28-24/h1-8,12,17-25H,9-11H2. The van der Waals surface area contributed by atoms with Crippen molar-refractivity contribution in [2.45, 2.75) is 37.6 Å². The highest BCUT2D eigenvalue weighted by atomic mass is 16.6. The summed E-state index contributed by atoms with van der Waals surface area (Å²) in [5.41, 5.74) is 4.69. The molecule has 3 nitrogen and oxygen atoms in total. The molecule has 4 bridgehead atoms. The van der Waals surface area contributed by atoms with E-state index in [1.54, 1.807) is 0 Å². The maximum absolute atomic E-state index is 13.4. The molecular weight excluding hydrogens is 360 g/mol. The van der Waals surface area contributed by atoms with Gasteiger partial charge in [-0.05, 0) is 65.9 Å². The van der Waals surface area contributed by atoms with E-state index in [1.165, 1.54) is 24.0 Å². The Labute approximate surface area is 170 Å². The van der Waals surface area contributed by atoms with Crippen LogP contribution < -0.4 is 0 Å². The average Bonchev–Trinajstić information content (AvgIpc) is 3.16. The van der Waals surface area contributed by atoms with E-state index >= 15 is 0 Å². The van der Waals surface area contributed by atoms with Gasteiger partial charge in [0.2, 0.25) is 0 Å². The van der Waals surface area contributed by atoms with Crippen molar-refractivity contribution in [1.29, 1.82) is 0 Å². The number of esters is 1. The molecule has 6 aliphatic rings. The highest BCUT2D eigenvalue weighted by Gasteiger charge is 2.74. The van der Waals surface area contributed by atoms with Crippen molar-refractivity contribution in [3.63, 3.8) is 0 Å². The second-order valence-corrected chi connectivity index (χ2v) is 10.3. The van der Waals surface area contributed by atoms with Gasteiger partial charge in [0.25, 0.3) is 0 Å². The second kappa shape index (κ2) is 5.13. The predicted molar refractivity (Wildman–Crippen MR) is 107 cm³/mol. The molecule has 5 fully saturated rings. The maximum Gasteiger partial charge on any atom is 0.310 e. The molecule has 5 aliphatic carbocycles. The Bertz CT molecular complexity index is 1010. The zero-order chi connectivity index (χ0) is 18.9. The number of epoxide rings is 1. The lowest BCUT2D eigenvalue weighted by Gasteiger charge is -2.36. The summed E-state index contributed by atoms with van der Waals surface area (Å²) < 4.78 is 12.3. The first kappa shape index (κ1) is 15.7. The fraction of sp³-hybridized carbons (Fsp3) is 0.500. The summed E-state index contributed by atoms with van der Waals surface area (Å²) >= 11 is 0. The summed E-state index contributed by atoms with van der Waals surface area (Å²) in [6.45, 7) is 0. The van der Waals surface area contributed by atoms with Crippen molar-refractivity contribution in [3.8, 4) is 11.1 Å². The smallest absolute Gasteiger partial charge is 0.310 e. The van der Waals surface area contributed by atoms with Crippen LogP contribution in [0.2, 0.25) is 0 Å². The van der Waals surface area contributed by atoms with Crippen LogP contribution in [0.15, 0.2) is 48.5 Å². The maximum atomic E-state index is 13.4. The number of carbonyl (C=O) groups is 1. The van der Waals surface area contributed by atoms with Crippen molar-refractivity contribution in [2.24, 2.45) is 41.4 Å². The summed E-state index contributed by atoms with van der Waals surface area (Å²) in [4.78, 5) is 13.4. The van der Waals surface area contributed by atoms with Crippen LogP contribution in [0.4, 0.5) is 0 Å². The summed E-state index contributed by atoms with van der Waals surface area (Å²) in [5, 5.41) is 0. The van der Waals surface area contributed by atoms with Gasteiger partial charge in [0, 0.05) is 11.1 Å². The van der Waals surface area contributed by atoms with E-state index in [9.17, 15) is 4.79 Å². The number of hydrogen-bond donors (Lipinski definition) is 0. The minimum atomic E-state index is -0.249. The monoisotopic (exact) mass is 384 g/mol. The Morgan fingerprint density at radius 2 is 1.45 bits per heavy atom. The largest absolute Gasteiger partial charge is 0.452 e. The zero-order valence-electron chi connectivity index (χ0n) is 16.2. The Morgan fingerprint density at radius 3 is 2.17 bits per heavy atom. The van der Waals surface area contributed by atoms with E-state index < -0.39 is 0 Å². The number of benzene rings is 2. The lowest BCUT2D eigenvalue weighted by atomic mass is 9.67. The summed E-state index contributed by atoms with van der Waals surface area (Å²) in [5.74, 6) is 4.50. The Kier molecular flexibility index (Phi) is 2.77. The van der Waals surface area contributed by atoms with Crippen molar-refractivity contribution < 1.29 is 14.3 Å². The molecular formula is C26H24O3. The van der Waals surface area contributed by atoms with Crippen molar-refractivity contribution in [1.82, 2.24) is 0 Å². The third kappa shape index (κ3) is 1.83. The van der Waals surface area contributed by atoms with Crippen LogP contribution in [0.1, 0.15) is 36.5 Å². The molecule has 146 valence electrons. The van der Waals surface area contributed by atoms with Crippen LogP contribution >= 0.6 is 0 Å². The third-order valence-electron chi connectivity index (χ3n) is 9.38. The highest BCUT2D eigenvalue weighted by Crippen LogP contribution is 2.73. The lowest BCUT2D eigenvalue weighted by Crippen LogP contribution is -2.38. The molecule has 0 N–H and O–H groups in total. The zero-order valence-corrected chi connectivity index (χ0v) is 16.2. The first-order chi connectivity index (χ1) is 14.3. The van der Waals surface area contributed by atoms with Gasteiger partial charge < -0.3 is 9.47 Å². The van der Waals surface area contributed by atoms with Gasteiger partial charge in [-0.2, -0.15) is 0 Å². The molecule has 0 amide bonds. The van der Waals surface area contributed by atoms with Crippen LogP contribution in [0, 0.1) is 41.4 Å². The van der Waals surface area contributed by atoms with Gasteiger partial charge in [-0.3, -0.25) is 4.79 Å². The third-order valence-corrected chi connectivity index (χ3v) is 9.38. The van der Waals surface area contributed by atoms with E-state index in [2.05, 4.69) is 48.5 Å². The Hall–Kier alpha value is -2.13. The molecule has 0 spiro atoms. The fourth-order valence-electron chi connectivity index (χ4n) is 8.56. The molecule has 1 heterocycles. The van der Waals surface area contributed by atoms with Crippen molar-refractivity contribution in [3.05, 3.63) is 59.7 Å². The molecule has 1 aliphatic heterocycles. The lowest BCUT2D eigenvalue weighted by molar-refractivity contribution is -0.156. The summed E-state index contributed by atoms with van der Waals surface area (Å²) in [6.07, 6.45) is 4.52. The van der Waals surface area contributed by atoms with E-state index in [-0.39, 0.29) is 18.0 Å². The summed E-state index contributed by atoms with van der Waals surface area (Å²) in [6, 6.07) is 16.8. The average molecular weight is 384 g/mol. The molecule has 29 heavy (non-hydrogen) atoms. The summed E-state index contributed by atoms with van der Waals surface area (Å²) in [7, 11) is 0. The SMILES string of the molecule is O=C(OC1c2ccccc2-c2ccccc21)C1CC2CC1C1C3CC(C4OC34)C21. The van der Waals surface area contributed by atoms with E-state index in [0.717, 1.165) is 47.1 Å². The highest BCUT2D eigenvalue weighted by molar-refractivity contribution is 5.81. The second-order valence-electron chi connectivity index (χ2n) is 10.3. The Balaban J connectivity index is 1.10. The van der Waals surface area contributed by atoms with Gasteiger partial charge in [-0.1, -0.05) is 48.5 Å². The van der Waals surface area contributed by atoms with E-state index in [1.807, 2.05) is 0 Å². The van der Waals surface area contributed by atoms with Crippen LogP contribution in [0.3, 0.4) is 0 Å². The van der Waals surface area contributed by atoms with Crippen LogP contribution in [0.5, 0.6) is 0 Å². The van der Waals surface area contributed by atoms with Gasteiger partial charge in [0.05, 0.1) is 18.1 Å². The first-order valence-corrected chi connectivity index (χ1v) is 11.3. The minimum absolute atomic E-state index is 0.0449. The number of ether oxygens (including phenoxy) is 2. The molecule has 1 saturated heterocycles.